The number of alkyl halides is 1. The highest BCUT2D eigenvalue weighted by Gasteiger charge is 2.20. The van der Waals surface area contributed by atoms with Crippen LogP contribution < -0.4 is 5.32 Å². The maximum Gasteiger partial charge on any atom is 0.106 e. The first-order valence-electron chi connectivity index (χ1n) is 3.73. The summed E-state index contributed by atoms with van der Waals surface area (Å²) in [5, 5.41) is 3.13. The number of halogens is 1. The van der Waals surface area contributed by atoms with Crippen LogP contribution in [0.3, 0.4) is 0 Å². The largest absolute Gasteiger partial charge is 0.309 e. The average Bonchev–Trinajstić information content (AvgIpc) is 1.95. The molecule has 2 nitrogen and oxygen atoms in total. The van der Waals surface area contributed by atoms with E-state index in [0.29, 0.717) is 6.04 Å². The summed E-state index contributed by atoms with van der Waals surface area (Å²) in [7, 11) is 2.04. The summed E-state index contributed by atoms with van der Waals surface area (Å²) in [6, 6.07) is 0.601. The van der Waals surface area contributed by atoms with Crippen molar-refractivity contribution in [1.82, 2.24) is 10.2 Å². The number of hydrogen-bond donors (Lipinski definition) is 1. The van der Waals surface area contributed by atoms with Gasteiger partial charge in [0, 0.05) is 25.2 Å². The Labute approximate surface area is 61.4 Å². The van der Waals surface area contributed by atoms with E-state index in [-0.39, 0.29) is 12.7 Å². The van der Waals surface area contributed by atoms with Crippen LogP contribution in [0.4, 0.5) is 4.39 Å². The number of nitrogens with zero attached hydrogens (tertiary/aromatic N) is 1. The molecule has 1 aliphatic heterocycles. The molecule has 0 aliphatic carbocycles. The summed E-state index contributed by atoms with van der Waals surface area (Å²) in [6.07, 6.45) is 0. The molecule has 0 bridgehead atoms. The van der Waals surface area contributed by atoms with Crippen LogP contribution >= 0.6 is 0 Å². The van der Waals surface area contributed by atoms with Gasteiger partial charge in [0.15, 0.2) is 0 Å². The van der Waals surface area contributed by atoms with Crippen LogP contribution in [0, 0.1) is 0 Å². The van der Waals surface area contributed by atoms with Gasteiger partial charge in [-0.15, -0.1) is 0 Å². The van der Waals surface area contributed by atoms with Gasteiger partial charge in [0.2, 0.25) is 0 Å². The van der Waals surface area contributed by atoms with Gasteiger partial charge in [0.1, 0.15) is 6.67 Å². The molecule has 1 saturated heterocycles. The Morgan fingerprint density at radius 1 is 1.70 bits per heavy atom. The highest BCUT2D eigenvalue weighted by molar-refractivity contribution is 4.80. The van der Waals surface area contributed by atoms with E-state index in [1.54, 1.807) is 0 Å². The molecular formula is C7H15FN2. The van der Waals surface area contributed by atoms with Gasteiger partial charge < -0.3 is 10.2 Å². The van der Waals surface area contributed by atoms with E-state index in [2.05, 4.69) is 17.1 Å². The summed E-state index contributed by atoms with van der Waals surface area (Å²) >= 11 is 0. The summed E-state index contributed by atoms with van der Waals surface area (Å²) in [4.78, 5) is 2.18. The maximum absolute atomic E-state index is 12.1. The molecule has 0 aromatic heterocycles. The molecule has 60 valence electrons. The standard InChI is InChI=1S/C7H15FN2/c1-6-4-9-7(3-8)5-10(6)2/h6-7,9H,3-5H2,1-2H3/t6?,7-/m1/s1. The molecule has 0 radical (unpaired) electrons. The minimum Gasteiger partial charge on any atom is -0.309 e. The summed E-state index contributed by atoms with van der Waals surface area (Å²) in [6.45, 7) is 3.63. The number of likely N-dealkylation sites (N-methyl/N-ethyl adjacent to an activating group) is 1. The van der Waals surface area contributed by atoms with Crippen LogP contribution in [0.25, 0.3) is 0 Å². The number of piperazine rings is 1. The third-order valence-electron chi connectivity index (χ3n) is 2.15. The normalized spacial score (nSPS) is 36.3. The van der Waals surface area contributed by atoms with Crippen molar-refractivity contribution in [2.75, 3.05) is 26.8 Å². The topological polar surface area (TPSA) is 15.3 Å². The molecule has 0 amide bonds. The Hall–Kier alpha value is -0.150. The summed E-state index contributed by atoms with van der Waals surface area (Å²) < 4.78 is 12.1. The van der Waals surface area contributed by atoms with Gasteiger partial charge in [-0.05, 0) is 14.0 Å². The summed E-state index contributed by atoms with van der Waals surface area (Å²) in [5.74, 6) is 0. The van der Waals surface area contributed by atoms with Gasteiger partial charge in [0.05, 0.1) is 0 Å². The molecule has 0 aromatic rings. The van der Waals surface area contributed by atoms with Crippen LogP contribution in [0.2, 0.25) is 0 Å². The Kier molecular flexibility index (Phi) is 2.63. The van der Waals surface area contributed by atoms with E-state index < -0.39 is 0 Å². The quantitative estimate of drug-likeness (QED) is 0.570. The lowest BCUT2D eigenvalue weighted by Gasteiger charge is -2.34. The van der Waals surface area contributed by atoms with Crippen LogP contribution in [-0.4, -0.2) is 43.8 Å². The number of nitrogens with one attached hydrogen (secondary N) is 1. The average molecular weight is 146 g/mol. The first kappa shape index (κ1) is 7.95. The van der Waals surface area contributed by atoms with Crippen molar-refractivity contribution < 1.29 is 4.39 Å². The molecule has 1 fully saturated rings. The molecule has 10 heavy (non-hydrogen) atoms. The Bertz CT molecular complexity index is 108. The van der Waals surface area contributed by atoms with Crippen LogP contribution in [-0.2, 0) is 0 Å². The van der Waals surface area contributed by atoms with Crippen molar-refractivity contribution in [2.24, 2.45) is 0 Å². The first-order chi connectivity index (χ1) is 4.74. The molecule has 1 N–H and O–H groups in total. The zero-order valence-corrected chi connectivity index (χ0v) is 6.60. The van der Waals surface area contributed by atoms with Gasteiger partial charge in [-0.3, -0.25) is 0 Å². The van der Waals surface area contributed by atoms with Gasteiger partial charge in [0.25, 0.3) is 0 Å². The van der Waals surface area contributed by atoms with Crippen LogP contribution in [0.15, 0.2) is 0 Å². The smallest absolute Gasteiger partial charge is 0.106 e. The van der Waals surface area contributed by atoms with Gasteiger partial charge in [-0.1, -0.05) is 0 Å². The van der Waals surface area contributed by atoms with Crippen LogP contribution in [0.5, 0.6) is 0 Å². The predicted octanol–water partition coefficient (Wildman–Crippen LogP) is 0.248. The van der Waals surface area contributed by atoms with E-state index in [1.807, 2.05) is 7.05 Å². The molecule has 1 aliphatic rings. The highest BCUT2D eigenvalue weighted by Crippen LogP contribution is 2.03. The van der Waals surface area contributed by atoms with Crippen molar-refractivity contribution in [3.63, 3.8) is 0 Å². The van der Waals surface area contributed by atoms with E-state index in [4.69, 9.17) is 0 Å². The van der Waals surface area contributed by atoms with E-state index >= 15 is 0 Å². The van der Waals surface area contributed by atoms with Crippen molar-refractivity contribution in [3.8, 4) is 0 Å². The lowest BCUT2D eigenvalue weighted by molar-refractivity contribution is 0.159. The minimum atomic E-state index is -0.253. The second kappa shape index (κ2) is 3.30. The number of hydrogen-bond acceptors (Lipinski definition) is 2. The Morgan fingerprint density at radius 3 is 2.90 bits per heavy atom. The zero-order chi connectivity index (χ0) is 7.56. The fraction of sp³-hybridized carbons (Fsp3) is 1.00. The summed E-state index contributed by atoms with van der Waals surface area (Å²) in [5.41, 5.74) is 0. The van der Waals surface area contributed by atoms with E-state index in [0.717, 1.165) is 13.1 Å². The molecule has 1 unspecified atom stereocenters. The monoisotopic (exact) mass is 146 g/mol. The van der Waals surface area contributed by atoms with Gasteiger partial charge >= 0.3 is 0 Å². The van der Waals surface area contributed by atoms with Gasteiger partial charge in [-0.25, -0.2) is 4.39 Å². The molecule has 3 heteroatoms. The molecule has 2 atom stereocenters. The predicted molar refractivity (Wildman–Crippen MR) is 39.9 cm³/mol. The maximum atomic E-state index is 12.1. The van der Waals surface area contributed by atoms with E-state index in [1.165, 1.54) is 0 Å². The van der Waals surface area contributed by atoms with Crippen molar-refractivity contribution in [2.45, 2.75) is 19.0 Å². The van der Waals surface area contributed by atoms with E-state index in [9.17, 15) is 4.39 Å². The first-order valence-corrected chi connectivity index (χ1v) is 3.73. The molecule has 0 saturated carbocycles. The Morgan fingerprint density at radius 2 is 2.40 bits per heavy atom. The highest BCUT2D eigenvalue weighted by atomic mass is 19.1. The lowest BCUT2D eigenvalue weighted by Crippen LogP contribution is -2.54. The van der Waals surface area contributed by atoms with Crippen molar-refractivity contribution in [1.29, 1.82) is 0 Å². The van der Waals surface area contributed by atoms with Crippen LogP contribution in [0.1, 0.15) is 6.92 Å². The molecular weight excluding hydrogens is 131 g/mol. The molecule has 1 heterocycles. The fourth-order valence-corrected chi connectivity index (χ4v) is 1.19. The molecule has 1 rings (SSSR count). The lowest BCUT2D eigenvalue weighted by atomic mass is 10.1. The Balaban J connectivity index is 2.33. The minimum absolute atomic E-state index is 0.0567. The van der Waals surface area contributed by atoms with Crippen molar-refractivity contribution in [3.05, 3.63) is 0 Å². The fourth-order valence-electron chi connectivity index (χ4n) is 1.19. The SMILES string of the molecule is CC1CN[C@H](CF)CN1C. The van der Waals surface area contributed by atoms with Gasteiger partial charge in [-0.2, -0.15) is 0 Å². The number of rotatable bonds is 1. The van der Waals surface area contributed by atoms with Crippen molar-refractivity contribution >= 4 is 0 Å². The third kappa shape index (κ3) is 1.67. The zero-order valence-electron chi connectivity index (χ0n) is 6.60. The second-order valence-electron chi connectivity index (χ2n) is 3.05. The third-order valence-corrected chi connectivity index (χ3v) is 2.15. The molecule has 0 spiro atoms. The molecule has 0 aromatic carbocycles. The second-order valence-corrected chi connectivity index (χ2v) is 3.05.